The van der Waals surface area contributed by atoms with Crippen LogP contribution in [0.2, 0.25) is 0 Å². The molecule has 14 nitrogen and oxygen atoms in total. The van der Waals surface area contributed by atoms with E-state index < -0.39 is 11.8 Å². The Hall–Kier alpha value is -3.08. The number of carbonyl (C=O) groups excluding carboxylic acids is 4. The summed E-state index contributed by atoms with van der Waals surface area (Å²) in [7, 11) is 0. The quantitative estimate of drug-likeness (QED) is 0.0399. The third-order valence-corrected chi connectivity index (χ3v) is 5.65. The molecule has 44 heavy (non-hydrogen) atoms. The Morgan fingerprint density at radius 3 is 1.20 bits per heavy atom. The van der Waals surface area contributed by atoms with Gasteiger partial charge in [-0.1, -0.05) is 30.3 Å². The number of ether oxygens (including phenoxy) is 9. The lowest BCUT2D eigenvalue weighted by molar-refractivity contribution is -0.140. The molecule has 0 saturated carbocycles. The van der Waals surface area contributed by atoms with Gasteiger partial charge in [-0.05, 0) is 0 Å². The Kier molecular flexibility index (Phi) is 21.3. The van der Waals surface area contributed by atoms with Crippen LogP contribution in [-0.4, -0.2) is 147 Å². The topological polar surface area (TPSA) is 155 Å². The maximum absolute atomic E-state index is 11.9. The van der Waals surface area contributed by atoms with E-state index in [0.29, 0.717) is 92.5 Å². The van der Waals surface area contributed by atoms with E-state index in [0.717, 1.165) is 4.90 Å². The second kappa shape index (κ2) is 25.3. The first kappa shape index (κ1) is 37.1. The number of benzene rings is 1. The molecule has 0 radical (unpaired) electrons. The van der Waals surface area contributed by atoms with E-state index in [-0.39, 0.29) is 43.7 Å². The number of hydrogen-bond donors (Lipinski definition) is 0. The van der Waals surface area contributed by atoms with Gasteiger partial charge in [-0.3, -0.25) is 19.3 Å². The molecule has 0 saturated heterocycles. The molecular formula is C30H43NO13. The van der Waals surface area contributed by atoms with Gasteiger partial charge in [-0.15, -0.1) is 0 Å². The second-order valence-electron chi connectivity index (χ2n) is 8.89. The van der Waals surface area contributed by atoms with E-state index in [1.54, 1.807) is 30.3 Å². The number of ketones is 1. The Morgan fingerprint density at radius 2 is 0.818 bits per heavy atom. The highest BCUT2D eigenvalue weighted by Gasteiger charge is 2.22. The first-order valence-corrected chi connectivity index (χ1v) is 14.5. The Balaban J connectivity index is 1.19. The molecule has 14 heteroatoms. The summed E-state index contributed by atoms with van der Waals surface area (Å²) in [6.07, 6.45) is 2.49. The standard InChI is InChI=1S/C30H43NO13/c32-27-6-7-28(33)31(27)8-9-36-10-11-37-12-13-38-14-15-39-16-17-40-18-19-41-20-21-42-22-23-43-24-25-44-30(35)29(34)26-4-2-1-3-5-26/h1-7H,8-25H2. The average Bonchev–Trinajstić information content (AvgIpc) is 3.36. The minimum Gasteiger partial charge on any atom is -0.457 e. The number of nitrogens with zero attached hydrogens (tertiary/aromatic N) is 1. The number of amides is 2. The number of carbonyl (C=O) groups is 4. The SMILES string of the molecule is O=C(OCCOCCOCCOCCOCCOCCOCCOCCOCCN1C(=O)C=CC1=O)C(=O)c1ccccc1. The number of hydrogen-bond acceptors (Lipinski definition) is 13. The number of esters is 1. The van der Waals surface area contributed by atoms with Gasteiger partial charge in [0.05, 0.1) is 112 Å². The zero-order valence-electron chi connectivity index (χ0n) is 25.0. The highest BCUT2D eigenvalue weighted by molar-refractivity contribution is 6.40. The van der Waals surface area contributed by atoms with Crippen LogP contribution in [0.25, 0.3) is 0 Å². The van der Waals surface area contributed by atoms with Crippen molar-refractivity contribution >= 4 is 23.6 Å². The monoisotopic (exact) mass is 625 g/mol. The van der Waals surface area contributed by atoms with Crippen LogP contribution in [0.3, 0.4) is 0 Å². The van der Waals surface area contributed by atoms with Gasteiger partial charge in [-0.25, -0.2) is 4.79 Å². The summed E-state index contributed by atoms with van der Waals surface area (Å²) in [6, 6.07) is 8.23. The van der Waals surface area contributed by atoms with Gasteiger partial charge in [0.15, 0.2) is 0 Å². The van der Waals surface area contributed by atoms with Crippen LogP contribution >= 0.6 is 0 Å². The van der Waals surface area contributed by atoms with Gasteiger partial charge in [0.1, 0.15) is 6.61 Å². The fourth-order valence-electron chi connectivity index (χ4n) is 3.42. The van der Waals surface area contributed by atoms with Crippen LogP contribution in [0.1, 0.15) is 10.4 Å². The zero-order valence-corrected chi connectivity index (χ0v) is 25.0. The van der Waals surface area contributed by atoms with Crippen molar-refractivity contribution in [1.29, 1.82) is 0 Å². The van der Waals surface area contributed by atoms with Crippen molar-refractivity contribution in [3.8, 4) is 0 Å². The van der Waals surface area contributed by atoms with Gasteiger partial charge in [0.25, 0.3) is 17.6 Å². The number of imide groups is 1. The minimum absolute atomic E-state index is 0.0102. The maximum atomic E-state index is 11.9. The van der Waals surface area contributed by atoms with Crippen LogP contribution in [0.4, 0.5) is 0 Å². The highest BCUT2D eigenvalue weighted by atomic mass is 16.6. The molecule has 0 aromatic heterocycles. The van der Waals surface area contributed by atoms with E-state index in [9.17, 15) is 19.2 Å². The van der Waals surface area contributed by atoms with Crippen LogP contribution in [0, 0.1) is 0 Å². The third-order valence-electron chi connectivity index (χ3n) is 5.65. The Labute approximate surface area is 257 Å². The summed E-state index contributed by atoms with van der Waals surface area (Å²) in [4.78, 5) is 47.5. The molecule has 1 aromatic carbocycles. The summed E-state index contributed by atoms with van der Waals surface area (Å²) >= 11 is 0. The highest BCUT2D eigenvalue weighted by Crippen LogP contribution is 2.03. The lowest BCUT2D eigenvalue weighted by Gasteiger charge is -2.13. The zero-order chi connectivity index (χ0) is 31.5. The third kappa shape index (κ3) is 17.9. The van der Waals surface area contributed by atoms with Crippen molar-refractivity contribution in [2.24, 2.45) is 0 Å². The van der Waals surface area contributed by atoms with E-state index in [2.05, 4.69) is 0 Å². The second-order valence-corrected chi connectivity index (χ2v) is 8.89. The van der Waals surface area contributed by atoms with Crippen molar-refractivity contribution in [1.82, 2.24) is 4.90 Å². The van der Waals surface area contributed by atoms with Crippen molar-refractivity contribution < 1.29 is 61.8 Å². The average molecular weight is 626 g/mol. The van der Waals surface area contributed by atoms with Crippen molar-refractivity contribution in [3.63, 3.8) is 0 Å². The molecular weight excluding hydrogens is 582 g/mol. The summed E-state index contributed by atoms with van der Waals surface area (Å²) in [6.45, 7) is 6.51. The normalized spacial score (nSPS) is 12.8. The molecule has 2 amide bonds. The van der Waals surface area contributed by atoms with Crippen LogP contribution in [0.5, 0.6) is 0 Å². The Bertz CT molecular complexity index is 955. The predicted octanol–water partition coefficient (Wildman–Crippen LogP) is 0.470. The lowest BCUT2D eigenvalue weighted by Crippen LogP contribution is -2.33. The molecule has 1 aliphatic rings. The molecule has 0 aliphatic carbocycles. The first-order valence-electron chi connectivity index (χ1n) is 14.5. The molecule has 1 aromatic rings. The van der Waals surface area contributed by atoms with Crippen LogP contribution in [-0.2, 0) is 57.0 Å². The van der Waals surface area contributed by atoms with E-state index >= 15 is 0 Å². The van der Waals surface area contributed by atoms with Crippen LogP contribution in [0.15, 0.2) is 42.5 Å². The number of Topliss-reactive ketones (excluding diaryl/α,β-unsaturated/α-hetero) is 1. The van der Waals surface area contributed by atoms with Gasteiger partial charge in [0, 0.05) is 17.7 Å². The predicted molar refractivity (Wildman–Crippen MR) is 154 cm³/mol. The Morgan fingerprint density at radius 1 is 0.477 bits per heavy atom. The fraction of sp³-hybridized carbons (Fsp3) is 0.600. The van der Waals surface area contributed by atoms with E-state index in [1.165, 1.54) is 12.2 Å². The summed E-state index contributed by atoms with van der Waals surface area (Å²) in [5.41, 5.74) is 0.289. The molecule has 1 heterocycles. The smallest absolute Gasteiger partial charge is 0.379 e. The molecule has 0 atom stereocenters. The minimum atomic E-state index is -0.904. The molecule has 0 bridgehead atoms. The molecule has 1 aliphatic heterocycles. The van der Waals surface area contributed by atoms with Gasteiger partial charge in [-0.2, -0.15) is 0 Å². The maximum Gasteiger partial charge on any atom is 0.379 e. The molecule has 0 spiro atoms. The summed E-state index contributed by atoms with van der Waals surface area (Å²) in [5, 5.41) is 0. The van der Waals surface area contributed by atoms with Crippen LogP contribution < -0.4 is 0 Å². The molecule has 0 fully saturated rings. The fourth-order valence-corrected chi connectivity index (χ4v) is 3.42. The summed E-state index contributed by atoms with van der Waals surface area (Å²) in [5.74, 6) is -2.22. The van der Waals surface area contributed by atoms with E-state index in [1.807, 2.05) is 0 Å². The summed E-state index contributed by atoms with van der Waals surface area (Å²) < 4.78 is 48.1. The van der Waals surface area contributed by atoms with Crippen molar-refractivity contribution in [2.45, 2.75) is 0 Å². The molecule has 2 rings (SSSR count). The lowest BCUT2D eigenvalue weighted by atomic mass is 10.1. The molecule has 0 N–H and O–H groups in total. The first-order chi connectivity index (χ1) is 21.6. The van der Waals surface area contributed by atoms with Gasteiger partial charge < -0.3 is 42.6 Å². The van der Waals surface area contributed by atoms with Gasteiger partial charge >= 0.3 is 5.97 Å². The van der Waals surface area contributed by atoms with Crippen molar-refractivity contribution in [2.75, 3.05) is 119 Å². The molecule has 246 valence electrons. The van der Waals surface area contributed by atoms with Crippen molar-refractivity contribution in [3.05, 3.63) is 48.0 Å². The van der Waals surface area contributed by atoms with Gasteiger partial charge in [0.2, 0.25) is 0 Å². The number of rotatable bonds is 29. The largest absolute Gasteiger partial charge is 0.457 e. The molecule has 0 unspecified atom stereocenters. The van der Waals surface area contributed by atoms with E-state index in [4.69, 9.17) is 42.6 Å².